The van der Waals surface area contributed by atoms with Gasteiger partial charge in [-0.1, -0.05) is 47.6 Å². The van der Waals surface area contributed by atoms with E-state index in [0.717, 1.165) is 22.4 Å². The molecule has 1 N–H and O–H groups in total. The van der Waals surface area contributed by atoms with Crippen molar-refractivity contribution in [2.45, 2.75) is 19.0 Å². The number of anilines is 1. The zero-order valence-electron chi connectivity index (χ0n) is 17.0. The molecule has 1 amide bonds. The van der Waals surface area contributed by atoms with Crippen LogP contribution in [0, 0.1) is 13.8 Å². The highest BCUT2D eigenvalue weighted by molar-refractivity contribution is 7.99. The Morgan fingerprint density at radius 1 is 1.06 bits per heavy atom. The van der Waals surface area contributed by atoms with E-state index in [1.54, 1.807) is 18.5 Å². The molecule has 6 nitrogen and oxygen atoms in total. The minimum Gasteiger partial charge on any atom is -0.325 e. The molecule has 2 heterocycles. The average Bonchev–Trinajstić information content (AvgIpc) is 3.20. The van der Waals surface area contributed by atoms with Gasteiger partial charge >= 0.3 is 0 Å². The molecule has 2 aromatic heterocycles. The smallest absolute Gasteiger partial charge is 0.234 e. The molecule has 0 saturated carbocycles. The summed E-state index contributed by atoms with van der Waals surface area (Å²) in [7, 11) is 0. The Bertz CT molecular complexity index is 1230. The van der Waals surface area contributed by atoms with Crippen LogP contribution in [0.25, 0.3) is 17.1 Å². The number of aryl methyl sites for hydroxylation is 1. The van der Waals surface area contributed by atoms with Crippen LogP contribution in [-0.4, -0.2) is 31.4 Å². The summed E-state index contributed by atoms with van der Waals surface area (Å²) in [4.78, 5) is 16.8. The van der Waals surface area contributed by atoms with Crippen molar-refractivity contribution < 1.29 is 4.79 Å². The molecule has 0 aliphatic carbocycles. The molecule has 156 valence electrons. The van der Waals surface area contributed by atoms with E-state index in [4.69, 9.17) is 11.6 Å². The topological polar surface area (TPSA) is 72.7 Å². The SMILES string of the molecule is Cc1ccccc1-n1c(SCC(=O)Nc2cccc(Cl)c2C)nnc1-c1cccnc1. The van der Waals surface area contributed by atoms with Gasteiger partial charge in [0.1, 0.15) is 0 Å². The molecular weight excluding hydrogens is 430 g/mol. The van der Waals surface area contributed by atoms with Crippen LogP contribution in [0.3, 0.4) is 0 Å². The Morgan fingerprint density at radius 2 is 1.90 bits per heavy atom. The number of thioether (sulfide) groups is 1. The van der Waals surface area contributed by atoms with Crippen molar-refractivity contribution in [1.82, 2.24) is 19.7 Å². The van der Waals surface area contributed by atoms with E-state index < -0.39 is 0 Å². The van der Waals surface area contributed by atoms with Crippen molar-refractivity contribution in [1.29, 1.82) is 0 Å². The second-order valence-electron chi connectivity index (χ2n) is 6.92. The number of hydrogen-bond donors (Lipinski definition) is 1. The molecule has 31 heavy (non-hydrogen) atoms. The van der Waals surface area contributed by atoms with Gasteiger partial charge in [0.25, 0.3) is 0 Å². The zero-order chi connectivity index (χ0) is 21.8. The van der Waals surface area contributed by atoms with Crippen LogP contribution in [0.15, 0.2) is 72.1 Å². The van der Waals surface area contributed by atoms with Gasteiger partial charge < -0.3 is 5.32 Å². The maximum absolute atomic E-state index is 12.6. The largest absolute Gasteiger partial charge is 0.325 e. The van der Waals surface area contributed by atoms with Gasteiger partial charge in [-0.2, -0.15) is 0 Å². The lowest BCUT2D eigenvalue weighted by Gasteiger charge is -2.13. The third-order valence-electron chi connectivity index (χ3n) is 4.78. The van der Waals surface area contributed by atoms with Crippen molar-refractivity contribution in [2.24, 2.45) is 0 Å². The van der Waals surface area contributed by atoms with Crippen molar-refractivity contribution in [2.75, 3.05) is 11.1 Å². The summed E-state index contributed by atoms with van der Waals surface area (Å²) in [5.74, 6) is 0.719. The predicted molar refractivity (Wildman–Crippen MR) is 125 cm³/mol. The van der Waals surface area contributed by atoms with E-state index in [1.807, 2.05) is 66.9 Å². The Labute approximate surface area is 189 Å². The minimum atomic E-state index is -0.141. The maximum Gasteiger partial charge on any atom is 0.234 e. The van der Waals surface area contributed by atoms with Gasteiger partial charge in [-0.15, -0.1) is 10.2 Å². The molecule has 0 saturated heterocycles. The lowest BCUT2D eigenvalue weighted by molar-refractivity contribution is -0.113. The quantitative estimate of drug-likeness (QED) is 0.403. The van der Waals surface area contributed by atoms with Crippen LogP contribution in [0.5, 0.6) is 0 Å². The normalized spacial score (nSPS) is 10.8. The summed E-state index contributed by atoms with van der Waals surface area (Å²) < 4.78 is 1.97. The fraction of sp³-hybridized carbons (Fsp3) is 0.130. The number of carbonyl (C=O) groups excluding carboxylic acids is 1. The molecule has 0 spiro atoms. The predicted octanol–water partition coefficient (Wildman–Crippen LogP) is 5.33. The van der Waals surface area contributed by atoms with E-state index in [2.05, 4.69) is 20.5 Å². The van der Waals surface area contributed by atoms with Gasteiger partial charge in [-0.05, 0) is 55.3 Å². The number of carbonyl (C=O) groups is 1. The Hall–Kier alpha value is -3.16. The highest BCUT2D eigenvalue weighted by Crippen LogP contribution is 2.29. The minimum absolute atomic E-state index is 0.141. The molecule has 0 aliphatic heterocycles. The monoisotopic (exact) mass is 449 g/mol. The molecule has 0 bridgehead atoms. The number of pyridine rings is 1. The van der Waals surface area contributed by atoms with Gasteiger partial charge in [-0.3, -0.25) is 14.3 Å². The lowest BCUT2D eigenvalue weighted by atomic mass is 10.2. The highest BCUT2D eigenvalue weighted by Gasteiger charge is 2.18. The number of halogens is 1. The molecule has 0 radical (unpaired) electrons. The molecule has 8 heteroatoms. The summed E-state index contributed by atoms with van der Waals surface area (Å²) in [6, 6.07) is 17.2. The van der Waals surface area contributed by atoms with Crippen molar-refractivity contribution >= 4 is 35.0 Å². The molecule has 2 aromatic carbocycles. The fourth-order valence-corrected chi connectivity index (χ4v) is 4.06. The van der Waals surface area contributed by atoms with Gasteiger partial charge in [0.05, 0.1) is 11.4 Å². The summed E-state index contributed by atoms with van der Waals surface area (Å²) in [5, 5.41) is 12.9. The standard InChI is InChI=1S/C23H20ClN5OS/c1-15-7-3-4-11-20(15)29-22(17-8-6-12-25-13-17)27-28-23(29)31-14-21(30)26-19-10-5-9-18(24)16(19)2/h3-13H,14H2,1-2H3,(H,26,30). The number of rotatable bonds is 6. The lowest BCUT2D eigenvalue weighted by Crippen LogP contribution is -2.15. The van der Waals surface area contributed by atoms with Crippen LogP contribution in [0.2, 0.25) is 5.02 Å². The number of nitrogens with one attached hydrogen (secondary N) is 1. The molecule has 4 aromatic rings. The third-order valence-corrected chi connectivity index (χ3v) is 6.12. The van der Waals surface area contributed by atoms with Crippen LogP contribution < -0.4 is 5.32 Å². The number of aromatic nitrogens is 4. The number of benzene rings is 2. The zero-order valence-corrected chi connectivity index (χ0v) is 18.6. The molecule has 0 fully saturated rings. The Morgan fingerprint density at radius 3 is 2.68 bits per heavy atom. The second-order valence-corrected chi connectivity index (χ2v) is 8.27. The second kappa shape index (κ2) is 9.32. The molecule has 4 rings (SSSR count). The first kappa shape index (κ1) is 21.1. The summed E-state index contributed by atoms with van der Waals surface area (Å²) in [6.07, 6.45) is 3.47. The van der Waals surface area contributed by atoms with E-state index in [-0.39, 0.29) is 11.7 Å². The van der Waals surface area contributed by atoms with Gasteiger partial charge in [0.2, 0.25) is 5.91 Å². The van der Waals surface area contributed by atoms with Crippen molar-refractivity contribution in [3.05, 3.63) is 83.1 Å². The first-order chi connectivity index (χ1) is 15.0. The van der Waals surface area contributed by atoms with Crippen LogP contribution in [0.1, 0.15) is 11.1 Å². The van der Waals surface area contributed by atoms with Crippen molar-refractivity contribution in [3.8, 4) is 17.1 Å². The third kappa shape index (κ3) is 4.62. The first-order valence-electron chi connectivity index (χ1n) is 9.64. The van der Waals surface area contributed by atoms with Crippen molar-refractivity contribution in [3.63, 3.8) is 0 Å². The number of nitrogens with zero attached hydrogens (tertiary/aromatic N) is 4. The molecule has 0 atom stereocenters. The Kier molecular flexibility index (Phi) is 6.34. The molecule has 0 aliphatic rings. The van der Waals surface area contributed by atoms with Gasteiger partial charge in [0.15, 0.2) is 11.0 Å². The van der Waals surface area contributed by atoms with E-state index in [0.29, 0.717) is 21.7 Å². The summed E-state index contributed by atoms with van der Waals surface area (Å²) >= 11 is 7.48. The molecular formula is C23H20ClN5OS. The number of hydrogen-bond acceptors (Lipinski definition) is 5. The Balaban J connectivity index is 1.61. The maximum atomic E-state index is 12.6. The van der Waals surface area contributed by atoms with Crippen LogP contribution >= 0.6 is 23.4 Å². The number of para-hydroxylation sites is 1. The number of amides is 1. The molecule has 0 unspecified atom stereocenters. The van der Waals surface area contributed by atoms with E-state index in [9.17, 15) is 4.79 Å². The van der Waals surface area contributed by atoms with E-state index >= 15 is 0 Å². The first-order valence-corrected chi connectivity index (χ1v) is 11.0. The average molecular weight is 450 g/mol. The van der Waals surface area contributed by atoms with Gasteiger partial charge in [-0.25, -0.2) is 0 Å². The summed E-state index contributed by atoms with van der Waals surface area (Å²) in [5.41, 5.74) is 4.43. The fourth-order valence-electron chi connectivity index (χ4n) is 3.14. The van der Waals surface area contributed by atoms with Gasteiger partial charge in [0, 0.05) is 28.7 Å². The van der Waals surface area contributed by atoms with E-state index in [1.165, 1.54) is 11.8 Å². The highest BCUT2D eigenvalue weighted by atomic mass is 35.5. The van der Waals surface area contributed by atoms with Crippen LogP contribution in [0.4, 0.5) is 5.69 Å². The summed E-state index contributed by atoms with van der Waals surface area (Å²) in [6.45, 7) is 3.91. The van der Waals surface area contributed by atoms with Crippen LogP contribution in [-0.2, 0) is 4.79 Å².